The fourth-order valence-corrected chi connectivity index (χ4v) is 1.71. The maximum atomic E-state index is 12.6. The van der Waals surface area contributed by atoms with Crippen molar-refractivity contribution in [3.05, 3.63) is 53.6 Å². The Morgan fingerprint density at radius 1 is 1.00 bits per heavy atom. The van der Waals surface area contributed by atoms with E-state index in [9.17, 15) is 13.2 Å². The molecule has 0 spiro atoms. The van der Waals surface area contributed by atoms with Crippen LogP contribution in [0.2, 0.25) is 0 Å². The lowest BCUT2D eigenvalue weighted by Gasteiger charge is -2.10. The van der Waals surface area contributed by atoms with Gasteiger partial charge in [0.1, 0.15) is 11.5 Å². The Labute approximate surface area is 108 Å². The van der Waals surface area contributed by atoms with Crippen LogP contribution in [0.5, 0.6) is 11.5 Å². The van der Waals surface area contributed by atoms with Crippen molar-refractivity contribution in [2.24, 2.45) is 0 Å². The Bertz CT molecular complexity index is 573. The third-order valence-electron chi connectivity index (χ3n) is 2.47. The molecule has 2 rings (SSSR count). The smallest absolute Gasteiger partial charge is 0.416 e. The molecule has 0 radical (unpaired) electrons. The summed E-state index contributed by atoms with van der Waals surface area (Å²) in [6.45, 7) is 1.83. The Hall–Kier alpha value is -2.17. The minimum absolute atomic E-state index is 0.125. The van der Waals surface area contributed by atoms with Crippen molar-refractivity contribution < 1.29 is 17.9 Å². The number of hydrogen-bond acceptors (Lipinski definition) is 2. The van der Waals surface area contributed by atoms with E-state index < -0.39 is 11.7 Å². The van der Waals surface area contributed by atoms with Crippen molar-refractivity contribution in [2.45, 2.75) is 13.1 Å². The van der Waals surface area contributed by atoms with Crippen molar-refractivity contribution in [2.75, 3.05) is 5.73 Å². The summed E-state index contributed by atoms with van der Waals surface area (Å²) >= 11 is 0. The second kappa shape index (κ2) is 4.84. The van der Waals surface area contributed by atoms with Gasteiger partial charge in [-0.05, 0) is 42.8 Å². The molecule has 0 saturated carbocycles. The summed E-state index contributed by atoms with van der Waals surface area (Å²) in [5, 5.41) is 0. The van der Waals surface area contributed by atoms with E-state index in [0.29, 0.717) is 11.4 Å². The molecule has 100 valence electrons. The van der Waals surface area contributed by atoms with E-state index in [1.807, 2.05) is 6.92 Å². The van der Waals surface area contributed by atoms with Crippen LogP contribution in [-0.4, -0.2) is 0 Å². The first kappa shape index (κ1) is 13.3. The second-order valence-electron chi connectivity index (χ2n) is 4.21. The van der Waals surface area contributed by atoms with Crippen LogP contribution in [0.25, 0.3) is 0 Å². The molecule has 0 aliphatic carbocycles. The average Bonchev–Trinajstić information content (AvgIpc) is 2.26. The SMILES string of the molecule is Cc1cc(N)cc(Oc2cccc(C(F)(F)F)c2)c1. The number of rotatable bonds is 2. The summed E-state index contributed by atoms with van der Waals surface area (Å²) in [7, 11) is 0. The standard InChI is InChI=1S/C14H12F3NO/c1-9-5-11(18)8-13(6-9)19-12-4-2-3-10(7-12)14(15,16)17/h2-8H,18H2,1H3. The van der Waals surface area contributed by atoms with Gasteiger partial charge < -0.3 is 10.5 Å². The maximum Gasteiger partial charge on any atom is 0.416 e. The molecule has 0 amide bonds. The first-order chi connectivity index (χ1) is 8.84. The number of nitrogen functional groups attached to an aromatic ring is 1. The molecular weight excluding hydrogens is 255 g/mol. The van der Waals surface area contributed by atoms with Crippen molar-refractivity contribution in [1.82, 2.24) is 0 Å². The minimum Gasteiger partial charge on any atom is -0.457 e. The molecule has 0 atom stereocenters. The van der Waals surface area contributed by atoms with Crippen molar-refractivity contribution in [3.63, 3.8) is 0 Å². The topological polar surface area (TPSA) is 35.2 Å². The lowest BCUT2D eigenvalue weighted by molar-refractivity contribution is -0.137. The number of nitrogens with two attached hydrogens (primary N) is 1. The van der Waals surface area contributed by atoms with Crippen molar-refractivity contribution in [3.8, 4) is 11.5 Å². The predicted molar refractivity (Wildman–Crippen MR) is 67.1 cm³/mol. The highest BCUT2D eigenvalue weighted by molar-refractivity contribution is 5.48. The zero-order valence-corrected chi connectivity index (χ0v) is 10.2. The molecule has 2 N–H and O–H groups in total. The van der Waals surface area contributed by atoms with Gasteiger partial charge in [0.15, 0.2) is 0 Å². The number of benzene rings is 2. The number of ether oxygens (including phenoxy) is 1. The van der Waals surface area contributed by atoms with Crippen LogP contribution in [0.15, 0.2) is 42.5 Å². The summed E-state index contributed by atoms with van der Waals surface area (Å²) in [5.74, 6) is 0.539. The van der Waals surface area contributed by atoms with Gasteiger partial charge in [-0.1, -0.05) is 6.07 Å². The summed E-state index contributed by atoms with van der Waals surface area (Å²) in [4.78, 5) is 0. The Kier molecular flexibility index (Phi) is 3.38. The number of hydrogen-bond donors (Lipinski definition) is 1. The lowest BCUT2D eigenvalue weighted by atomic mass is 10.2. The van der Waals surface area contributed by atoms with Gasteiger partial charge in [0.05, 0.1) is 5.56 Å². The van der Waals surface area contributed by atoms with Crippen LogP contribution in [0.3, 0.4) is 0 Å². The molecule has 0 unspecified atom stereocenters. The van der Waals surface area contributed by atoms with Crippen LogP contribution < -0.4 is 10.5 Å². The van der Waals surface area contributed by atoms with Crippen LogP contribution in [0, 0.1) is 6.92 Å². The molecule has 0 bridgehead atoms. The van der Waals surface area contributed by atoms with E-state index in [0.717, 1.165) is 17.7 Å². The molecule has 0 aliphatic heterocycles. The molecule has 2 aromatic rings. The van der Waals surface area contributed by atoms with Crippen LogP contribution in [-0.2, 0) is 6.18 Å². The quantitative estimate of drug-likeness (QED) is 0.819. The number of halogens is 3. The third-order valence-corrected chi connectivity index (χ3v) is 2.47. The molecular formula is C14H12F3NO. The maximum absolute atomic E-state index is 12.6. The van der Waals surface area contributed by atoms with E-state index in [2.05, 4.69) is 0 Å². The van der Waals surface area contributed by atoms with Crippen molar-refractivity contribution in [1.29, 1.82) is 0 Å². The molecule has 0 aliphatic rings. The fourth-order valence-electron chi connectivity index (χ4n) is 1.71. The van der Waals surface area contributed by atoms with Gasteiger partial charge in [-0.15, -0.1) is 0 Å². The predicted octanol–water partition coefficient (Wildman–Crippen LogP) is 4.39. The highest BCUT2D eigenvalue weighted by Gasteiger charge is 2.30. The normalized spacial score (nSPS) is 11.4. The highest BCUT2D eigenvalue weighted by atomic mass is 19.4. The molecule has 2 aromatic carbocycles. The largest absolute Gasteiger partial charge is 0.457 e. The fraction of sp³-hybridized carbons (Fsp3) is 0.143. The first-order valence-corrected chi connectivity index (χ1v) is 5.57. The molecule has 0 heterocycles. The molecule has 0 fully saturated rings. The zero-order chi connectivity index (χ0) is 14.0. The summed E-state index contributed by atoms with van der Waals surface area (Å²) in [5.41, 5.74) is 6.29. The van der Waals surface area contributed by atoms with Gasteiger partial charge in [0, 0.05) is 11.8 Å². The number of aryl methyl sites for hydroxylation is 1. The third kappa shape index (κ3) is 3.40. The zero-order valence-electron chi connectivity index (χ0n) is 10.2. The summed E-state index contributed by atoms with van der Waals surface area (Å²) in [6, 6.07) is 9.74. The minimum atomic E-state index is -4.38. The number of alkyl halides is 3. The molecule has 5 heteroatoms. The van der Waals surface area contributed by atoms with Gasteiger partial charge in [-0.3, -0.25) is 0 Å². The Morgan fingerprint density at radius 2 is 1.74 bits per heavy atom. The van der Waals surface area contributed by atoms with Gasteiger partial charge in [-0.2, -0.15) is 13.2 Å². The van der Waals surface area contributed by atoms with E-state index >= 15 is 0 Å². The van der Waals surface area contributed by atoms with E-state index in [-0.39, 0.29) is 5.75 Å². The first-order valence-electron chi connectivity index (χ1n) is 5.57. The molecule has 2 nitrogen and oxygen atoms in total. The Morgan fingerprint density at radius 3 is 2.37 bits per heavy atom. The van der Waals surface area contributed by atoms with Gasteiger partial charge in [-0.25, -0.2) is 0 Å². The molecule has 19 heavy (non-hydrogen) atoms. The van der Waals surface area contributed by atoms with E-state index in [4.69, 9.17) is 10.5 Å². The van der Waals surface area contributed by atoms with Crippen LogP contribution in [0.4, 0.5) is 18.9 Å². The van der Waals surface area contributed by atoms with Crippen molar-refractivity contribution >= 4 is 5.69 Å². The monoisotopic (exact) mass is 267 g/mol. The van der Waals surface area contributed by atoms with Gasteiger partial charge in [0.25, 0.3) is 0 Å². The van der Waals surface area contributed by atoms with Gasteiger partial charge in [0.2, 0.25) is 0 Å². The lowest BCUT2D eigenvalue weighted by Crippen LogP contribution is -2.04. The van der Waals surface area contributed by atoms with Crippen LogP contribution >= 0.6 is 0 Å². The second-order valence-corrected chi connectivity index (χ2v) is 4.21. The average molecular weight is 267 g/mol. The van der Waals surface area contributed by atoms with Gasteiger partial charge >= 0.3 is 6.18 Å². The molecule has 0 saturated heterocycles. The van der Waals surface area contributed by atoms with Crippen LogP contribution in [0.1, 0.15) is 11.1 Å². The van der Waals surface area contributed by atoms with E-state index in [1.165, 1.54) is 12.1 Å². The summed E-state index contributed by atoms with van der Waals surface area (Å²) in [6.07, 6.45) is -4.38. The molecule has 0 aromatic heterocycles. The Balaban J connectivity index is 2.28. The number of anilines is 1. The van der Waals surface area contributed by atoms with E-state index in [1.54, 1.807) is 18.2 Å². The highest BCUT2D eigenvalue weighted by Crippen LogP contribution is 2.33. The summed E-state index contributed by atoms with van der Waals surface area (Å²) < 4.78 is 43.1.